The Kier molecular flexibility index (Phi) is 6.90. The molecule has 0 radical (unpaired) electrons. The van der Waals surface area contributed by atoms with Gasteiger partial charge in [0.1, 0.15) is 23.9 Å². The van der Waals surface area contributed by atoms with Gasteiger partial charge in [-0.25, -0.2) is 0 Å². The van der Waals surface area contributed by atoms with Crippen molar-refractivity contribution in [3.63, 3.8) is 0 Å². The first kappa shape index (κ1) is 17.8. The highest BCUT2D eigenvalue weighted by Gasteiger charge is 2.23. The number of aliphatic hydroxyl groups is 1. The first-order valence-corrected chi connectivity index (χ1v) is 6.56. The molecular weight excluding hydrogens is 248 g/mol. The fourth-order valence-corrected chi connectivity index (χ4v) is 0.881. The van der Waals surface area contributed by atoms with Gasteiger partial charge >= 0.3 is 5.97 Å². The molecule has 0 aliphatic heterocycles. The number of hydrogen-bond donors (Lipinski definition) is 1. The first-order chi connectivity index (χ1) is 8.65. The van der Waals surface area contributed by atoms with E-state index in [1.165, 1.54) is 0 Å². The van der Waals surface area contributed by atoms with E-state index in [1.807, 2.05) is 41.5 Å². The lowest BCUT2D eigenvalue weighted by molar-refractivity contribution is -0.329. The molecule has 0 amide bonds. The molecule has 5 heteroatoms. The molecule has 0 aliphatic rings. The molecule has 0 unspecified atom stereocenters. The third-order valence-corrected chi connectivity index (χ3v) is 2.93. The molecule has 0 fully saturated rings. The SMILES string of the molecule is CCC(C)(C)OO/C(=C\O)CC(=O)OC(C)(C)CC. The monoisotopic (exact) mass is 274 g/mol. The molecule has 112 valence electrons. The Bertz CT molecular complexity index is 318. The largest absolute Gasteiger partial charge is 0.512 e. The van der Waals surface area contributed by atoms with Crippen molar-refractivity contribution < 1.29 is 24.4 Å². The van der Waals surface area contributed by atoms with E-state index in [4.69, 9.17) is 19.6 Å². The summed E-state index contributed by atoms with van der Waals surface area (Å²) in [5, 5.41) is 9.03. The normalized spacial score (nSPS) is 13.3. The summed E-state index contributed by atoms with van der Waals surface area (Å²) in [4.78, 5) is 21.8. The summed E-state index contributed by atoms with van der Waals surface area (Å²) in [5.41, 5.74) is -1.01. The van der Waals surface area contributed by atoms with Crippen molar-refractivity contribution >= 4 is 5.97 Å². The highest BCUT2D eigenvalue weighted by Crippen LogP contribution is 2.19. The minimum atomic E-state index is -0.527. The minimum Gasteiger partial charge on any atom is -0.512 e. The van der Waals surface area contributed by atoms with Gasteiger partial charge in [0, 0.05) is 0 Å². The van der Waals surface area contributed by atoms with Crippen molar-refractivity contribution in [3.8, 4) is 0 Å². The van der Waals surface area contributed by atoms with E-state index < -0.39 is 17.2 Å². The van der Waals surface area contributed by atoms with Crippen LogP contribution in [0.15, 0.2) is 12.0 Å². The number of aliphatic hydroxyl groups excluding tert-OH is 1. The molecule has 0 saturated carbocycles. The zero-order valence-electron chi connectivity index (χ0n) is 12.8. The van der Waals surface area contributed by atoms with Crippen LogP contribution in [0.4, 0.5) is 0 Å². The van der Waals surface area contributed by atoms with E-state index in [0.29, 0.717) is 12.7 Å². The highest BCUT2D eigenvalue weighted by atomic mass is 17.2. The second kappa shape index (κ2) is 7.38. The molecule has 1 N–H and O–H groups in total. The van der Waals surface area contributed by atoms with Gasteiger partial charge in [0.05, 0.1) is 0 Å². The maximum Gasteiger partial charge on any atom is 0.314 e. The maximum atomic E-state index is 11.7. The van der Waals surface area contributed by atoms with Crippen LogP contribution in [0.25, 0.3) is 0 Å². The summed E-state index contributed by atoms with van der Waals surface area (Å²) >= 11 is 0. The third kappa shape index (κ3) is 7.72. The lowest BCUT2D eigenvalue weighted by Gasteiger charge is -2.24. The van der Waals surface area contributed by atoms with Crippen molar-refractivity contribution in [2.24, 2.45) is 0 Å². The molecule has 0 aromatic heterocycles. The Morgan fingerprint density at radius 2 is 1.63 bits per heavy atom. The average molecular weight is 274 g/mol. The number of carbonyl (C=O) groups is 1. The van der Waals surface area contributed by atoms with Gasteiger partial charge in [-0.1, -0.05) is 13.8 Å². The molecule has 0 bridgehead atoms. The van der Waals surface area contributed by atoms with E-state index >= 15 is 0 Å². The predicted octanol–water partition coefficient (Wildman–Crippen LogP) is 3.64. The van der Waals surface area contributed by atoms with E-state index in [-0.39, 0.29) is 12.2 Å². The van der Waals surface area contributed by atoms with Gasteiger partial charge in [-0.15, -0.1) is 0 Å². The van der Waals surface area contributed by atoms with E-state index in [0.717, 1.165) is 6.42 Å². The van der Waals surface area contributed by atoms with E-state index in [9.17, 15) is 4.79 Å². The summed E-state index contributed by atoms with van der Waals surface area (Å²) in [6.07, 6.45) is 1.99. The lowest BCUT2D eigenvalue weighted by atomic mass is 10.1. The van der Waals surface area contributed by atoms with Gasteiger partial charge in [-0.05, 0) is 40.5 Å². The molecule has 19 heavy (non-hydrogen) atoms. The smallest absolute Gasteiger partial charge is 0.314 e. The Labute approximate surface area is 115 Å². The van der Waals surface area contributed by atoms with Crippen LogP contribution >= 0.6 is 0 Å². The van der Waals surface area contributed by atoms with Gasteiger partial charge in [0.15, 0.2) is 5.76 Å². The van der Waals surface area contributed by atoms with Crippen LogP contribution in [-0.2, 0) is 19.3 Å². The number of rotatable bonds is 8. The lowest BCUT2D eigenvalue weighted by Crippen LogP contribution is -2.28. The third-order valence-electron chi connectivity index (χ3n) is 2.93. The Morgan fingerprint density at radius 1 is 1.11 bits per heavy atom. The van der Waals surface area contributed by atoms with E-state index in [2.05, 4.69) is 0 Å². The second-order valence-corrected chi connectivity index (χ2v) is 5.64. The second-order valence-electron chi connectivity index (χ2n) is 5.64. The number of carbonyl (C=O) groups excluding carboxylic acids is 1. The molecule has 0 aromatic rings. The fourth-order valence-electron chi connectivity index (χ4n) is 0.881. The maximum absolute atomic E-state index is 11.7. The van der Waals surface area contributed by atoms with Crippen LogP contribution in [0, 0.1) is 0 Å². The molecule has 0 atom stereocenters. The van der Waals surface area contributed by atoms with Crippen LogP contribution in [-0.4, -0.2) is 22.3 Å². The van der Waals surface area contributed by atoms with Crippen LogP contribution in [0.5, 0.6) is 0 Å². The van der Waals surface area contributed by atoms with Crippen LogP contribution in [0.1, 0.15) is 60.8 Å². The van der Waals surface area contributed by atoms with Crippen molar-refractivity contribution in [2.75, 3.05) is 0 Å². The van der Waals surface area contributed by atoms with Crippen LogP contribution in [0.3, 0.4) is 0 Å². The summed E-state index contributed by atoms with van der Waals surface area (Å²) in [7, 11) is 0. The van der Waals surface area contributed by atoms with E-state index in [1.54, 1.807) is 0 Å². The molecule has 0 heterocycles. The molecule has 0 saturated heterocycles. The standard InChI is InChI=1S/C14H26O5/c1-7-13(3,4)17-12(16)9-11(10-15)18-19-14(5,6)8-2/h10,15H,7-9H2,1-6H3/b11-10-. The van der Waals surface area contributed by atoms with Gasteiger partial charge in [0.2, 0.25) is 0 Å². The quantitative estimate of drug-likeness (QED) is 0.317. The summed E-state index contributed by atoms with van der Waals surface area (Å²) < 4.78 is 5.25. The summed E-state index contributed by atoms with van der Waals surface area (Å²) in [6.45, 7) is 11.2. The van der Waals surface area contributed by atoms with Crippen molar-refractivity contribution in [1.29, 1.82) is 0 Å². The molecule has 0 aliphatic carbocycles. The first-order valence-electron chi connectivity index (χ1n) is 6.56. The topological polar surface area (TPSA) is 65.0 Å². The number of hydrogen-bond acceptors (Lipinski definition) is 5. The zero-order chi connectivity index (χ0) is 15.1. The van der Waals surface area contributed by atoms with Gasteiger partial charge < -0.3 is 14.7 Å². The van der Waals surface area contributed by atoms with Gasteiger partial charge in [-0.3, -0.25) is 4.79 Å². The van der Waals surface area contributed by atoms with Crippen LogP contribution < -0.4 is 0 Å². The average Bonchev–Trinajstić information content (AvgIpc) is 2.33. The molecule has 0 aromatic carbocycles. The van der Waals surface area contributed by atoms with Crippen molar-refractivity contribution in [1.82, 2.24) is 0 Å². The van der Waals surface area contributed by atoms with Crippen LogP contribution in [0.2, 0.25) is 0 Å². The zero-order valence-corrected chi connectivity index (χ0v) is 12.8. The summed E-state index contributed by atoms with van der Waals surface area (Å²) in [5.74, 6) is -0.441. The van der Waals surface area contributed by atoms with Gasteiger partial charge in [-0.2, -0.15) is 4.89 Å². The summed E-state index contributed by atoms with van der Waals surface area (Å²) in [6, 6.07) is 0. The van der Waals surface area contributed by atoms with Crippen molar-refractivity contribution in [2.45, 2.75) is 72.0 Å². The molecule has 0 rings (SSSR count). The number of esters is 1. The molecular formula is C14H26O5. The fraction of sp³-hybridized carbons (Fsp3) is 0.786. The Hall–Kier alpha value is -1.23. The predicted molar refractivity (Wildman–Crippen MR) is 72.3 cm³/mol. The Morgan fingerprint density at radius 3 is 2.05 bits per heavy atom. The van der Waals surface area contributed by atoms with Crippen molar-refractivity contribution in [3.05, 3.63) is 12.0 Å². The number of ether oxygens (including phenoxy) is 1. The minimum absolute atomic E-state index is 0.0263. The molecule has 5 nitrogen and oxygen atoms in total. The Balaban J connectivity index is 4.32. The van der Waals surface area contributed by atoms with Gasteiger partial charge in [0.25, 0.3) is 0 Å². The molecule has 0 spiro atoms. The highest BCUT2D eigenvalue weighted by molar-refractivity contribution is 5.72.